The molecule has 8 heteroatoms. The summed E-state index contributed by atoms with van der Waals surface area (Å²) in [4.78, 5) is 26.8. The Kier molecular flexibility index (Phi) is 7.45. The molecule has 2 aromatic carbocycles. The van der Waals surface area contributed by atoms with Crippen LogP contribution in [0.3, 0.4) is 0 Å². The number of likely N-dealkylation sites (tertiary alicyclic amines) is 1. The van der Waals surface area contributed by atoms with Gasteiger partial charge in [-0.2, -0.15) is 4.31 Å². The molecule has 4 rings (SSSR count). The summed E-state index contributed by atoms with van der Waals surface area (Å²) in [5.41, 5.74) is 1.44. The van der Waals surface area contributed by atoms with Crippen molar-refractivity contribution in [3.63, 3.8) is 0 Å². The van der Waals surface area contributed by atoms with E-state index in [4.69, 9.17) is 4.74 Å². The molecule has 0 unspecified atom stereocenters. The number of nitrogens with zero attached hydrogens (tertiary/aromatic N) is 2. The highest BCUT2D eigenvalue weighted by atomic mass is 32.2. The van der Waals surface area contributed by atoms with E-state index in [2.05, 4.69) is 12.1 Å². The third-order valence-electron chi connectivity index (χ3n) is 6.43. The summed E-state index contributed by atoms with van der Waals surface area (Å²) < 4.78 is 32.1. The van der Waals surface area contributed by atoms with Gasteiger partial charge in [0.1, 0.15) is 0 Å². The number of amides is 1. The number of hydrogen-bond acceptors (Lipinski definition) is 5. The number of sulfonamides is 1. The molecule has 0 radical (unpaired) electrons. The number of esters is 1. The van der Waals surface area contributed by atoms with Crippen LogP contribution in [0.15, 0.2) is 59.5 Å². The molecule has 0 saturated carbocycles. The maximum atomic E-state index is 12.7. The second-order valence-corrected chi connectivity index (χ2v) is 10.7. The average Bonchev–Trinajstić information content (AvgIpc) is 3.40. The number of rotatable bonds is 7. The smallest absolute Gasteiger partial charge is 0.338 e. The van der Waals surface area contributed by atoms with Crippen molar-refractivity contribution in [1.82, 2.24) is 9.21 Å². The van der Waals surface area contributed by atoms with Crippen molar-refractivity contribution in [3.8, 4) is 0 Å². The van der Waals surface area contributed by atoms with Crippen molar-refractivity contribution < 1.29 is 22.7 Å². The van der Waals surface area contributed by atoms with Crippen molar-refractivity contribution in [2.45, 2.75) is 37.0 Å². The molecule has 2 aliphatic rings. The third-order valence-corrected chi connectivity index (χ3v) is 8.33. The van der Waals surface area contributed by atoms with Gasteiger partial charge in [0.25, 0.3) is 5.91 Å². The quantitative estimate of drug-likeness (QED) is 0.581. The summed E-state index contributed by atoms with van der Waals surface area (Å²) in [5.74, 6) is -0.373. The Hall–Kier alpha value is -2.71. The first-order chi connectivity index (χ1) is 15.9. The minimum Gasteiger partial charge on any atom is -0.452 e. The molecule has 0 N–H and O–H groups in total. The van der Waals surface area contributed by atoms with Gasteiger partial charge < -0.3 is 9.64 Å². The lowest BCUT2D eigenvalue weighted by molar-refractivity contribution is -0.135. The minimum absolute atomic E-state index is 0.0747. The van der Waals surface area contributed by atoms with Gasteiger partial charge in [-0.3, -0.25) is 4.79 Å². The zero-order chi connectivity index (χ0) is 23.3. The monoisotopic (exact) mass is 470 g/mol. The molecule has 2 aliphatic heterocycles. The van der Waals surface area contributed by atoms with E-state index in [-0.39, 0.29) is 23.0 Å². The molecule has 2 aromatic rings. The van der Waals surface area contributed by atoms with E-state index in [1.54, 1.807) is 4.90 Å². The predicted octanol–water partition coefficient (Wildman–Crippen LogP) is 3.11. The van der Waals surface area contributed by atoms with E-state index >= 15 is 0 Å². The topological polar surface area (TPSA) is 84.0 Å². The molecule has 2 fully saturated rings. The lowest BCUT2D eigenvalue weighted by Crippen LogP contribution is -2.41. The third kappa shape index (κ3) is 5.81. The summed E-state index contributed by atoms with van der Waals surface area (Å²) in [6.45, 7) is 1.95. The largest absolute Gasteiger partial charge is 0.452 e. The Balaban J connectivity index is 1.27. The van der Waals surface area contributed by atoms with Crippen LogP contribution in [0.25, 0.3) is 0 Å². The Labute approximate surface area is 195 Å². The summed E-state index contributed by atoms with van der Waals surface area (Å²) in [5, 5.41) is 0. The molecule has 176 valence electrons. The highest BCUT2D eigenvalue weighted by Gasteiger charge is 2.28. The Morgan fingerprint density at radius 3 is 2.30 bits per heavy atom. The van der Waals surface area contributed by atoms with Crippen LogP contribution in [0.5, 0.6) is 0 Å². The van der Waals surface area contributed by atoms with Gasteiger partial charge in [-0.05, 0) is 61.8 Å². The molecule has 0 atom stereocenters. The summed E-state index contributed by atoms with van der Waals surface area (Å²) in [7, 11) is -3.62. The fourth-order valence-electron chi connectivity index (χ4n) is 4.50. The molecular formula is C25H30N2O5S. The molecule has 2 saturated heterocycles. The van der Waals surface area contributed by atoms with Crippen LogP contribution in [-0.2, 0) is 26.0 Å². The van der Waals surface area contributed by atoms with Gasteiger partial charge in [-0.1, -0.05) is 36.4 Å². The van der Waals surface area contributed by atoms with Crippen LogP contribution in [0, 0.1) is 5.92 Å². The Morgan fingerprint density at radius 2 is 1.61 bits per heavy atom. The predicted molar refractivity (Wildman–Crippen MR) is 124 cm³/mol. The molecule has 0 aliphatic carbocycles. The zero-order valence-electron chi connectivity index (χ0n) is 18.7. The maximum absolute atomic E-state index is 12.7. The number of hydrogen-bond donors (Lipinski definition) is 0. The Bertz CT molecular complexity index is 1070. The normalized spacial score (nSPS) is 17.8. The first-order valence-corrected chi connectivity index (χ1v) is 13.0. The summed E-state index contributed by atoms with van der Waals surface area (Å²) in [6, 6.07) is 16.2. The van der Waals surface area contributed by atoms with Gasteiger partial charge in [-0.25, -0.2) is 13.2 Å². The number of carbonyl (C=O) groups excluding carboxylic acids is 2. The van der Waals surface area contributed by atoms with Crippen LogP contribution in [0.2, 0.25) is 0 Å². The molecule has 2 heterocycles. The highest BCUT2D eigenvalue weighted by molar-refractivity contribution is 7.89. The minimum atomic E-state index is -3.62. The number of ether oxygens (including phenoxy) is 1. The van der Waals surface area contributed by atoms with Gasteiger partial charge in [0, 0.05) is 26.2 Å². The van der Waals surface area contributed by atoms with Crippen molar-refractivity contribution in [1.29, 1.82) is 0 Å². The summed E-state index contributed by atoms with van der Waals surface area (Å²) >= 11 is 0. The molecule has 1 amide bonds. The van der Waals surface area contributed by atoms with Crippen LogP contribution in [-0.4, -0.2) is 62.3 Å². The van der Waals surface area contributed by atoms with E-state index in [0.29, 0.717) is 32.1 Å². The van der Waals surface area contributed by atoms with Gasteiger partial charge in [0.05, 0.1) is 10.5 Å². The lowest BCUT2D eigenvalue weighted by Gasteiger charge is -2.32. The molecule has 33 heavy (non-hydrogen) atoms. The fraction of sp³-hybridized carbons (Fsp3) is 0.440. The molecule has 0 spiro atoms. The van der Waals surface area contributed by atoms with Gasteiger partial charge >= 0.3 is 5.97 Å². The number of benzene rings is 2. The van der Waals surface area contributed by atoms with E-state index in [9.17, 15) is 18.0 Å². The number of carbonyl (C=O) groups is 2. The van der Waals surface area contributed by atoms with Crippen LogP contribution in [0.1, 0.15) is 41.6 Å². The van der Waals surface area contributed by atoms with Crippen LogP contribution >= 0.6 is 0 Å². The standard InChI is InChI=1S/C25H30N2O5S/c28-24(26-15-11-21(12-16-26)17-20-7-2-1-3-8-20)19-32-25(29)22-9-6-10-23(18-22)33(30,31)27-13-4-5-14-27/h1-3,6-10,18,21H,4-5,11-17,19H2. The lowest BCUT2D eigenvalue weighted by atomic mass is 9.90. The van der Waals surface area contributed by atoms with Crippen molar-refractivity contribution in [2.24, 2.45) is 5.92 Å². The Morgan fingerprint density at radius 1 is 0.909 bits per heavy atom. The van der Waals surface area contributed by atoms with E-state index in [0.717, 1.165) is 32.1 Å². The van der Waals surface area contributed by atoms with Gasteiger partial charge in [-0.15, -0.1) is 0 Å². The second-order valence-electron chi connectivity index (χ2n) is 8.73. The van der Waals surface area contributed by atoms with Crippen LogP contribution < -0.4 is 0 Å². The van der Waals surface area contributed by atoms with Gasteiger partial charge in [0.15, 0.2) is 6.61 Å². The van der Waals surface area contributed by atoms with E-state index in [1.165, 1.54) is 34.1 Å². The number of piperidine rings is 1. The van der Waals surface area contributed by atoms with E-state index < -0.39 is 16.0 Å². The SMILES string of the molecule is O=C(OCC(=O)N1CCC(Cc2ccccc2)CC1)c1cccc(S(=O)(=O)N2CCCC2)c1. The zero-order valence-corrected chi connectivity index (χ0v) is 19.5. The van der Waals surface area contributed by atoms with E-state index in [1.807, 2.05) is 18.2 Å². The fourth-order valence-corrected chi connectivity index (χ4v) is 6.06. The molecule has 0 aromatic heterocycles. The average molecular weight is 471 g/mol. The van der Waals surface area contributed by atoms with Crippen molar-refractivity contribution in [2.75, 3.05) is 32.8 Å². The maximum Gasteiger partial charge on any atom is 0.338 e. The highest BCUT2D eigenvalue weighted by Crippen LogP contribution is 2.23. The molecule has 7 nitrogen and oxygen atoms in total. The first-order valence-electron chi connectivity index (χ1n) is 11.5. The molecule has 0 bridgehead atoms. The van der Waals surface area contributed by atoms with Gasteiger partial charge in [0.2, 0.25) is 10.0 Å². The molecular weight excluding hydrogens is 440 g/mol. The van der Waals surface area contributed by atoms with Crippen molar-refractivity contribution in [3.05, 3.63) is 65.7 Å². The van der Waals surface area contributed by atoms with Crippen LogP contribution in [0.4, 0.5) is 0 Å². The summed E-state index contributed by atoms with van der Waals surface area (Å²) in [6.07, 6.45) is 4.53. The second kappa shape index (κ2) is 10.5. The van der Waals surface area contributed by atoms with Crippen molar-refractivity contribution >= 4 is 21.9 Å². The first kappa shape index (κ1) is 23.4.